The maximum absolute atomic E-state index is 10.2. The minimum atomic E-state index is -4.30. The summed E-state index contributed by atoms with van der Waals surface area (Å²) in [5.74, 6) is -0.444. The van der Waals surface area contributed by atoms with Crippen molar-refractivity contribution in [2.24, 2.45) is 0 Å². The second kappa shape index (κ2) is 11.4. The minimum Gasteiger partial charge on any atom is -0.748 e. The van der Waals surface area contributed by atoms with E-state index in [1.54, 1.807) is 24.3 Å². The van der Waals surface area contributed by atoms with Gasteiger partial charge in [-0.1, -0.05) is 17.7 Å². The molecule has 7 nitrogen and oxygen atoms in total. The first-order chi connectivity index (χ1) is 7.97. The molecule has 0 atom stereocenters. The van der Waals surface area contributed by atoms with Crippen molar-refractivity contribution in [1.82, 2.24) is 0 Å². The first kappa shape index (κ1) is 25.8. The van der Waals surface area contributed by atoms with Gasteiger partial charge in [0.25, 0.3) is 0 Å². The fraction of sp³-hybridized carbons (Fsp3) is 0.333. The Morgan fingerprint density at radius 2 is 1.35 bits per heavy atom. The average molecular weight is 342 g/mol. The Morgan fingerprint density at radius 3 is 1.65 bits per heavy atom. The monoisotopic (exact) mass is 342 g/mol. The maximum Gasteiger partial charge on any atom is 1.00 e. The number of aryl methyl sites for hydroxylation is 1. The third-order valence-corrected chi connectivity index (χ3v) is 1.80. The molecule has 0 aliphatic rings. The number of ether oxygens (including phenoxy) is 1. The Balaban J connectivity index is -0.000000361. The summed E-state index contributed by atoms with van der Waals surface area (Å²) in [4.78, 5) is 0. The van der Waals surface area contributed by atoms with E-state index in [0.29, 0.717) is 12.0 Å². The zero-order valence-corrected chi connectivity index (χ0v) is 17.3. The van der Waals surface area contributed by atoms with Gasteiger partial charge in [-0.3, -0.25) is 0 Å². The van der Waals surface area contributed by atoms with E-state index in [2.05, 4.69) is 0 Å². The van der Waals surface area contributed by atoms with Crippen LogP contribution in [0.4, 0.5) is 0 Å². The Bertz CT molecular complexity index is 559. The number of hydrogen-bond acceptors (Lipinski definition) is 7. The maximum atomic E-state index is 10.2. The van der Waals surface area contributed by atoms with Crippen molar-refractivity contribution in [3.05, 3.63) is 29.8 Å². The van der Waals surface area contributed by atoms with Crippen molar-refractivity contribution in [2.75, 3.05) is 12.2 Å². The number of hydrogen-bond donors (Lipinski definition) is 0. The molecule has 0 aliphatic heterocycles. The second-order valence-corrected chi connectivity index (χ2v) is 6.10. The Hall–Kier alpha value is 0.840. The van der Waals surface area contributed by atoms with Gasteiger partial charge in [-0.05, 0) is 19.1 Å². The van der Waals surface area contributed by atoms with Crippen molar-refractivity contribution in [2.45, 2.75) is 6.92 Å². The van der Waals surface area contributed by atoms with Crippen molar-refractivity contribution >= 4 is 20.2 Å². The largest absolute Gasteiger partial charge is 1.00 e. The molecule has 0 N–H and O–H groups in total. The SMILES string of the molecule is CS(=O)(=O)[O-].Cc1ccc(OCS(=O)(=O)[O-])cc1.[Na+].[Na+]. The molecule has 0 amide bonds. The predicted molar refractivity (Wildman–Crippen MR) is 62.0 cm³/mol. The summed E-state index contributed by atoms with van der Waals surface area (Å²) in [7, 11) is -8.22. The van der Waals surface area contributed by atoms with Crippen molar-refractivity contribution in [3.63, 3.8) is 0 Å². The molecule has 0 fully saturated rings. The normalized spacial score (nSPS) is 10.2. The van der Waals surface area contributed by atoms with Crippen LogP contribution in [0.3, 0.4) is 0 Å². The van der Waals surface area contributed by atoms with Crippen LogP contribution in [-0.2, 0) is 20.2 Å². The third-order valence-electron chi connectivity index (χ3n) is 1.39. The van der Waals surface area contributed by atoms with Crippen LogP contribution >= 0.6 is 0 Å². The van der Waals surface area contributed by atoms with Gasteiger partial charge in [0.2, 0.25) is 0 Å². The van der Waals surface area contributed by atoms with Crippen LogP contribution in [0.1, 0.15) is 5.56 Å². The van der Waals surface area contributed by atoms with Crippen LogP contribution in [0.25, 0.3) is 0 Å². The summed E-state index contributed by atoms with van der Waals surface area (Å²) >= 11 is 0. The summed E-state index contributed by atoms with van der Waals surface area (Å²) in [6.07, 6.45) is 0.604. The van der Waals surface area contributed by atoms with Crippen LogP contribution < -0.4 is 63.9 Å². The van der Waals surface area contributed by atoms with E-state index >= 15 is 0 Å². The van der Waals surface area contributed by atoms with Crippen molar-refractivity contribution in [1.29, 1.82) is 0 Å². The van der Waals surface area contributed by atoms with Gasteiger partial charge >= 0.3 is 59.1 Å². The molecule has 1 aromatic carbocycles. The molecule has 104 valence electrons. The zero-order chi connectivity index (χ0) is 14.4. The molecule has 1 aromatic rings. The summed E-state index contributed by atoms with van der Waals surface area (Å²) in [5, 5.41) is 0. The predicted octanol–water partition coefficient (Wildman–Crippen LogP) is -5.95. The number of rotatable bonds is 3. The van der Waals surface area contributed by atoms with E-state index in [0.717, 1.165) is 5.56 Å². The van der Waals surface area contributed by atoms with Gasteiger partial charge in [0.15, 0.2) is 5.94 Å². The Morgan fingerprint density at radius 1 is 1.00 bits per heavy atom. The quantitative estimate of drug-likeness (QED) is 0.396. The minimum absolute atomic E-state index is 0. The Labute approximate surface area is 163 Å². The van der Waals surface area contributed by atoms with Gasteiger partial charge in [-0.15, -0.1) is 0 Å². The van der Waals surface area contributed by atoms with Gasteiger partial charge < -0.3 is 13.8 Å². The first-order valence-electron chi connectivity index (χ1n) is 4.51. The molecule has 0 aromatic heterocycles. The van der Waals surface area contributed by atoms with E-state index in [-0.39, 0.29) is 59.1 Å². The average Bonchev–Trinajstić information content (AvgIpc) is 2.13. The summed E-state index contributed by atoms with van der Waals surface area (Å²) in [6.45, 7) is 1.90. The van der Waals surface area contributed by atoms with Crippen LogP contribution in [0.2, 0.25) is 0 Å². The van der Waals surface area contributed by atoms with Crippen molar-refractivity contribution < 1.29 is 89.8 Å². The fourth-order valence-corrected chi connectivity index (χ4v) is 1.06. The Kier molecular flexibility index (Phi) is 14.7. The van der Waals surface area contributed by atoms with Gasteiger partial charge in [-0.25, -0.2) is 16.8 Å². The fourth-order valence-electron chi connectivity index (χ4n) is 0.775. The zero-order valence-electron chi connectivity index (χ0n) is 11.7. The molecule has 0 saturated heterocycles. The third kappa shape index (κ3) is 21.1. The van der Waals surface area contributed by atoms with Gasteiger partial charge in [0.1, 0.15) is 15.9 Å². The topological polar surface area (TPSA) is 124 Å². The first-order valence-corrected chi connectivity index (χ1v) is 7.90. The standard InChI is InChI=1S/C8H10O4S.CH4O3S.2Na/c1-7-2-4-8(5-3-7)12-6-13(9,10)11;1-5(2,3)4;;/h2-5H,6H2,1H3,(H,9,10,11);1H3,(H,2,3,4);;/q;;2*+1/p-2. The van der Waals surface area contributed by atoms with E-state index in [9.17, 15) is 13.0 Å². The molecular formula is C9H12Na2O7S2. The van der Waals surface area contributed by atoms with Crippen LogP contribution in [0.15, 0.2) is 24.3 Å². The molecule has 0 aliphatic carbocycles. The van der Waals surface area contributed by atoms with Crippen molar-refractivity contribution in [3.8, 4) is 5.75 Å². The van der Waals surface area contributed by atoms with E-state index in [1.165, 1.54) is 0 Å². The molecule has 0 unspecified atom stereocenters. The molecule has 0 radical (unpaired) electrons. The molecule has 1 rings (SSSR count). The second-order valence-electron chi connectivity index (χ2n) is 3.34. The molecule has 11 heteroatoms. The number of benzene rings is 1. The van der Waals surface area contributed by atoms with E-state index < -0.39 is 26.2 Å². The molecule has 0 heterocycles. The van der Waals surface area contributed by atoms with E-state index in [4.69, 9.17) is 17.7 Å². The van der Waals surface area contributed by atoms with Gasteiger partial charge in [-0.2, -0.15) is 0 Å². The molecule has 0 bridgehead atoms. The van der Waals surface area contributed by atoms with Gasteiger partial charge in [0.05, 0.1) is 10.1 Å². The van der Waals surface area contributed by atoms with Gasteiger partial charge in [0, 0.05) is 6.26 Å². The smallest absolute Gasteiger partial charge is 0.748 e. The summed E-state index contributed by atoms with van der Waals surface area (Å²) < 4.78 is 62.5. The molecule has 0 spiro atoms. The summed E-state index contributed by atoms with van der Waals surface area (Å²) in [6, 6.07) is 6.76. The molecule has 0 saturated carbocycles. The van der Waals surface area contributed by atoms with Crippen LogP contribution in [0.5, 0.6) is 5.75 Å². The molecule has 20 heavy (non-hydrogen) atoms. The van der Waals surface area contributed by atoms with Crippen LogP contribution in [0, 0.1) is 6.92 Å². The van der Waals surface area contributed by atoms with E-state index in [1.807, 2.05) is 6.92 Å². The molecular weight excluding hydrogens is 330 g/mol. The summed E-state index contributed by atoms with van der Waals surface area (Å²) in [5.41, 5.74) is 1.04. The van der Waals surface area contributed by atoms with Crippen LogP contribution in [-0.4, -0.2) is 38.1 Å².